The van der Waals surface area contributed by atoms with E-state index in [4.69, 9.17) is 0 Å². The lowest BCUT2D eigenvalue weighted by atomic mass is 10.1. The van der Waals surface area contributed by atoms with Crippen molar-refractivity contribution in [2.24, 2.45) is 0 Å². The lowest BCUT2D eigenvalue weighted by Gasteiger charge is -1.97. The van der Waals surface area contributed by atoms with Crippen molar-refractivity contribution in [3.05, 3.63) is 80.8 Å². The van der Waals surface area contributed by atoms with E-state index in [2.05, 4.69) is 31.9 Å². The van der Waals surface area contributed by atoms with Crippen LogP contribution in [0.2, 0.25) is 0 Å². The Morgan fingerprint density at radius 2 is 0.950 bits per heavy atom. The summed E-state index contributed by atoms with van der Waals surface area (Å²) in [5, 5.41) is 0. The molecule has 0 fully saturated rings. The molecule has 0 saturated heterocycles. The number of rotatable bonds is 4. The molecule has 0 saturated carbocycles. The molecule has 2 aromatic carbocycles. The molecule has 100 valence electrons. The molecule has 2 nitrogen and oxygen atoms in total. The Balaban J connectivity index is 2.09. The minimum atomic E-state index is -0.192. The second kappa shape index (κ2) is 6.77. The van der Waals surface area contributed by atoms with Crippen LogP contribution in [-0.2, 0) is 0 Å². The van der Waals surface area contributed by atoms with Gasteiger partial charge in [-0.3, -0.25) is 9.59 Å². The van der Waals surface area contributed by atoms with Crippen molar-refractivity contribution in [1.29, 1.82) is 0 Å². The van der Waals surface area contributed by atoms with Gasteiger partial charge >= 0.3 is 0 Å². The number of hydrogen-bond donors (Lipinski definition) is 0. The molecule has 0 spiro atoms. The highest BCUT2D eigenvalue weighted by Gasteiger charge is 2.04. The highest BCUT2D eigenvalue weighted by molar-refractivity contribution is 9.10. The van der Waals surface area contributed by atoms with Gasteiger partial charge in [-0.2, -0.15) is 0 Å². The van der Waals surface area contributed by atoms with Crippen molar-refractivity contribution in [2.75, 3.05) is 0 Å². The molecule has 0 unspecified atom stereocenters. The van der Waals surface area contributed by atoms with Crippen LogP contribution in [0.25, 0.3) is 0 Å². The molecule has 0 heterocycles. The fourth-order valence-corrected chi connectivity index (χ4v) is 2.10. The second-order valence-electron chi connectivity index (χ2n) is 4.08. The first-order chi connectivity index (χ1) is 9.56. The van der Waals surface area contributed by atoms with E-state index in [-0.39, 0.29) is 11.6 Å². The van der Waals surface area contributed by atoms with E-state index >= 15 is 0 Å². The largest absolute Gasteiger partial charge is 0.289 e. The second-order valence-corrected chi connectivity index (χ2v) is 5.91. The van der Waals surface area contributed by atoms with Gasteiger partial charge in [-0.1, -0.05) is 31.9 Å². The van der Waals surface area contributed by atoms with Crippen LogP contribution in [0.1, 0.15) is 20.7 Å². The zero-order valence-electron chi connectivity index (χ0n) is 10.3. The fourth-order valence-electron chi connectivity index (χ4n) is 1.57. The van der Waals surface area contributed by atoms with Gasteiger partial charge in [-0.05, 0) is 60.7 Å². The van der Waals surface area contributed by atoms with E-state index in [0.717, 1.165) is 8.95 Å². The van der Waals surface area contributed by atoms with E-state index in [9.17, 15) is 9.59 Å². The molecule has 2 aromatic rings. The normalized spacial score (nSPS) is 10.7. The first kappa shape index (κ1) is 14.9. The summed E-state index contributed by atoms with van der Waals surface area (Å²) >= 11 is 6.61. The van der Waals surface area contributed by atoms with Gasteiger partial charge in [0.05, 0.1) is 0 Å². The molecular formula is C16H10Br2O2. The van der Waals surface area contributed by atoms with E-state index in [0.29, 0.717) is 11.1 Å². The van der Waals surface area contributed by atoms with Crippen molar-refractivity contribution in [3.63, 3.8) is 0 Å². The van der Waals surface area contributed by atoms with Gasteiger partial charge in [-0.15, -0.1) is 0 Å². The first-order valence-electron chi connectivity index (χ1n) is 5.84. The Morgan fingerprint density at radius 1 is 0.650 bits per heavy atom. The zero-order valence-corrected chi connectivity index (χ0v) is 13.5. The molecule has 0 atom stereocenters. The summed E-state index contributed by atoms with van der Waals surface area (Å²) in [4.78, 5) is 23.8. The molecule has 0 amide bonds. The summed E-state index contributed by atoms with van der Waals surface area (Å²) in [6, 6.07) is 14.0. The van der Waals surface area contributed by atoms with Crippen LogP contribution in [0.4, 0.5) is 0 Å². The van der Waals surface area contributed by atoms with Gasteiger partial charge in [0.25, 0.3) is 0 Å². The third-order valence-electron chi connectivity index (χ3n) is 2.64. The van der Waals surface area contributed by atoms with Crippen LogP contribution in [0.15, 0.2) is 69.6 Å². The number of ketones is 2. The third kappa shape index (κ3) is 3.99. The van der Waals surface area contributed by atoms with Gasteiger partial charge in [0, 0.05) is 20.1 Å². The zero-order chi connectivity index (χ0) is 14.5. The molecule has 0 aliphatic heterocycles. The van der Waals surface area contributed by atoms with Crippen molar-refractivity contribution < 1.29 is 9.59 Å². The number of carbonyl (C=O) groups is 2. The molecule has 2 rings (SSSR count). The minimum absolute atomic E-state index is 0.192. The summed E-state index contributed by atoms with van der Waals surface area (Å²) in [6.45, 7) is 0. The molecule has 0 radical (unpaired) electrons. The van der Waals surface area contributed by atoms with Crippen molar-refractivity contribution in [2.45, 2.75) is 0 Å². The molecule has 0 bridgehead atoms. The summed E-state index contributed by atoms with van der Waals surface area (Å²) in [5.74, 6) is -0.383. The quantitative estimate of drug-likeness (QED) is 0.550. The van der Waals surface area contributed by atoms with Crippen molar-refractivity contribution in [1.82, 2.24) is 0 Å². The van der Waals surface area contributed by atoms with Crippen LogP contribution in [-0.4, -0.2) is 11.6 Å². The maximum Gasteiger partial charge on any atom is 0.185 e. The van der Waals surface area contributed by atoms with Crippen LogP contribution >= 0.6 is 31.9 Å². The Hall–Kier alpha value is -1.52. The van der Waals surface area contributed by atoms with E-state index in [1.807, 2.05) is 0 Å². The van der Waals surface area contributed by atoms with Gasteiger partial charge < -0.3 is 0 Å². The van der Waals surface area contributed by atoms with Crippen molar-refractivity contribution >= 4 is 43.4 Å². The standard InChI is InChI=1S/C16H10Br2O2/c17-13-5-1-11(2-6-13)15(19)9-10-16(20)12-3-7-14(18)8-4-12/h1-10H/b10-9+. The smallest absolute Gasteiger partial charge is 0.185 e. The van der Waals surface area contributed by atoms with E-state index < -0.39 is 0 Å². The van der Waals surface area contributed by atoms with Gasteiger partial charge in [-0.25, -0.2) is 0 Å². The predicted molar refractivity (Wildman–Crippen MR) is 86.1 cm³/mol. The van der Waals surface area contributed by atoms with Crippen LogP contribution in [0.5, 0.6) is 0 Å². The molecule has 4 heteroatoms. The predicted octanol–water partition coefficient (Wildman–Crippen LogP) is 4.83. The molecule has 0 N–H and O–H groups in total. The maximum atomic E-state index is 11.9. The number of allylic oxidation sites excluding steroid dienone is 2. The Morgan fingerprint density at radius 3 is 1.25 bits per heavy atom. The Bertz CT molecular complexity index is 596. The molecule has 0 aromatic heterocycles. The van der Waals surface area contributed by atoms with Gasteiger partial charge in [0.2, 0.25) is 0 Å². The van der Waals surface area contributed by atoms with Gasteiger partial charge in [0.1, 0.15) is 0 Å². The molecular weight excluding hydrogens is 384 g/mol. The maximum absolute atomic E-state index is 11.9. The van der Waals surface area contributed by atoms with Gasteiger partial charge in [0.15, 0.2) is 11.6 Å². The number of carbonyl (C=O) groups excluding carboxylic acids is 2. The first-order valence-corrected chi connectivity index (χ1v) is 7.43. The number of benzene rings is 2. The van der Waals surface area contributed by atoms with Crippen LogP contribution in [0, 0.1) is 0 Å². The lowest BCUT2D eigenvalue weighted by Crippen LogP contribution is -1.98. The lowest BCUT2D eigenvalue weighted by molar-refractivity contribution is 0.102. The summed E-state index contributed by atoms with van der Waals surface area (Å²) in [7, 11) is 0. The fraction of sp³-hybridized carbons (Fsp3) is 0. The number of halogens is 2. The Kier molecular flexibility index (Phi) is 5.04. The number of hydrogen-bond acceptors (Lipinski definition) is 2. The SMILES string of the molecule is O=C(/C=C/C(=O)c1ccc(Br)cc1)c1ccc(Br)cc1. The molecule has 0 aliphatic carbocycles. The molecule has 0 aliphatic rings. The Labute approximate surface area is 133 Å². The topological polar surface area (TPSA) is 34.1 Å². The average molecular weight is 394 g/mol. The highest BCUT2D eigenvalue weighted by atomic mass is 79.9. The summed E-state index contributed by atoms with van der Waals surface area (Å²) < 4.78 is 1.81. The van der Waals surface area contributed by atoms with E-state index in [1.54, 1.807) is 48.5 Å². The highest BCUT2D eigenvalue weighted by Crippen LogP contribution is 2.13. The minimum Gasteiger partial charge on any atom is -0.289 e. The summed E-state index contributed by atoms with van der Waals surface area (Å²) in [5.41, 5.74) is 1.10. The summed E-state index contributed by atoms with van der Waals surface area (Å²) in [6.07, 6.45) is 2.60. The van der Waals surface area contributed by atoms with Crippen LogP contribution < -0.4 is 0 Å². The van der Waals surface area contributed by atoms with E-state index in [1.165, 1.54) is 12.2 Å². The molecule has 20 heavy (non-hydrogen) atoms. The average Bonchev–Trinajstić information content (AvgIpc) is 2.46. The third-order valence-corrected chi connectivity index (χ3v) is 3.70. The van der Waals surface area contributed by atoms with Crippen molar-refractivity contribution in [3.8, 4) is 0 Å². The monoisotopic (exact) mass is 392 g/mol. The van der Waals surface area contributed by atoms with Crippen LogP contribution in [0.3, 0.4) is 0 Å².